The van der Waals surface area contributed by atoms with E-state index in [1.807, 2.05) is 72.8 Å². The first kappa shape index (κ1) is 32.8. The molecule has 51 heavy (non-hydrogen) atoms. The first-order valence-electron chi connectivity index (χ1n) is 17.2. The third kappa shape index (κ3) is 5.40. The number of para-hydroxylation sites is 2. The summed E-state index contributed by atoms with van der Waals surface area (Å²) in [4.78, 5) is 0. The summed E-state index contributed by atoms with van der Waals surface area (Å²) < 4.78 is 66.4. The SMILES string of the molecule is CC(C)(C)c1ccc2c(c1)c1ccccc1n2-c1cc(-c2cccc(F)c2)cc(-n2c3ccccc3c3cc(C(C)(C)C)ccc32)c1C(F)(F)F. The normalized spacial score (nSPS) is 12.9. The van der Waals surface area contributed by atoms with Gasteiger partial charge in [-0.2, -0.15) is 13.2 Å². The Balaban J connectivity index is 1.57. The van der Waals surface area contributed by atoms with Crippen LogP contribution in [0.15, 0.2) is 121 Å². The van der Waals surface area contributed by atoms with Crippen molar-refractivity contribution in [3.8, 4) is 22.5 Å². The van der Waals surface area contributed by atoms with Gasteiger partial charge in [0.25, 0.3) is 0 Å². The lowest BCUT2D eigenvalue weighted by Gasteiger charge is -2.23. The predicted octanol–water partition coefficient (Wildman–Crippen LogP) is 13.3. The Bertz CT molecular complexity index is 2500. The van der Waals surface area contributed by atoms with Crippen molar-refractivity contribution >= 4 is 43.6 Å². The highest BCUT2D eigenvalue weighted by atomic mass is 19.4. The summed E-state index contributed by atoms with van der Waals surface area (Å²) >= 11 is 0. The van der Waals surface area contributed by atoms with Crippen molar-refractivity contribution in [2.24, 2.45) is 0 Å². The summed E-state index contributed by atoms with van der Waals surface area (Å²) in [6.45, 7) is 12.8. The van der Waals surface area contributed by atoms with E-state index in [-0.39, 0.29) is 22.2 Å². The van der Waals surface area contributed by atoms with E-state index >= 15 is 13.2 Å². The smallest absolute Gasteiger partial charge is 0.309 e. The molecule has 8 rings (SSSR count). The second-order valence-corrected chi connectivity index (χ2v) is 15.6. The molecule has 2 aromatic heterocycles. The molecule has 0 bridgehead atoms. The number of alkyl halides is 3. The van der Waals surface area contributed by atoms with E-state index in [0.717, 1.165) is 32.7 Å². The van der Waals surface area contributed by atoms with Gasteiger partial charge in [-0.3, -0.25) is 0 Å². The van der Waals surface area contributed by atoms with Crippen molar-refractivity contribution in [2.75, 3.05) is 0 Å². The second kappa shape index (κ2) is 11.3. The molecule has 0 spiro atoms. The molecule has 0 aliphatic heterocycles. The Morgan fingerprint density at radius 1 is 0.431 bits per heavy atom. The molecule has 0 radical (unpaired) electrons. The molecule has 0 fully saturated rings. The molecule has 0 unspecified atom stereocenters. The highest BCUT2D eigenvalue weighted by Crippen LogP contribution is 2.46. The number of aromatic nitrogens is 2. The summed E-state index contributed by atoms with van der Waals surface area (Å²) in [5, 5.41) is 3.46. The zero-order chi connectivity index (χ0) is 36.0. The van der Waals surface area contributed by atoms with Gasteiger partial charge in [-0.15, -0.1) is 0 Å². The maximum absolute atomic E-state index is 16.0. The van der Waals surface area contributed by atoms with Crippen molar-refractivity contribution in [3.63, 3.8) is 0 Å². The predicted molar refractivity (Wildman–Crippen MR) is 203 cm³/mol. The number of benzene rings is 6. The van der Waals surface area contributed by atoms with Crippen LogP contribution in [0.1, 0.15) is 58.2 Å². The first-order chi connectivity index (χ1) is 24.1. The van der Waals surface area contributed by atoms with Gasteiger partial charge < -0.3 is 9.13 Å². The first-order valence-corrected chi connectivity index (χ1v) is 17.2. The van der Waals surface area contributed by atoms with Crippen molar-refractivity contribution in [1.29, 1.82) is 0 Å². The molecule has 6 heteroatoms. The molecule has 6 aromatic carbocycles. The van der Waals surface area contributed by atoms with Gasteiger partial charge in [-0.1, -0.05) is 102 Å². The van der Waals surface area contributed by atoms with Gasteiger partial charge in [0.15, 0.2) is 0 Å². The molecule has 256 valence electrons. The number of fused-ring (bicyclic) bond motifs is 6. The maximum atomic E-state index is 16.0. The van der Waals surface area contributed by atoms with Crippen LogP contribution in [0.3, 0.4) is 0 Å². The largest absolute Gasteiger partial charge is 0.420 e. The molecule has 2 nitrogen and oxygen atoms in total. The zero-order valence-electron chi connectivity index (χ0n) is 29.5. The van der Waals surface area contributed by atoms with E-state index in [1.54, 1.807) is 33.4 Å². The molecule has 0 saturated carbocycles. The fourth-order valence-corrected chi connectivity index (χ4v) is 7.49. The minimum atomic E-state index is -4.77. The van der Waals surface area contributed by atoms with Crippen molar-refractivity contribution in [2.45, 2.75) is 58.5 Å². The highest BCUT2D eigenvalue weighted by Gasteiger charge is 2.39. The third-order valence-electron chi connectivity index (χ3n) is 10.1. The quantitative estimate of drug-likeness (QED) is 0.164. The van der Waals surface area contributed by atoms with Crippen LogP contribution in [0.2, 0.25) is 0 Å². The standard InChI is InChI=1S/C45H38F4N2/c1-43(2,3)29-18-20-38-34(25-29)32-14-7-9-16-36(32)50(38)40-23-28(27-12-11-13-31(46)22-27)24-41(42(40)45(47,48)49)51-37-17-10-8-15-33(37)35-26-30(44(4,5)6)19-21-39(35)51/h7-26H,1-6H3. The van der Waals surface area contributed by atoms with E-state index in [9.17, 15) is 4.39 Å². The van der Waals surface area contributed by atoms with E-state index in [1.165, 1.54) is 12.1 Å². The zero-order valence-corrected chi connectivity index (χ0v) is 29.5. The summed E-state index contributed by atoms with van der Waals surface area (Å²) in [6.07, 6.45) is -4.77. The Morgan fingerprint density at radius 3 is 1.31 bits per heavy atom. The Labute approximate surface area is 294 Å². The number of halogens is 4. The summed E-state index contributed by atoms with van der Waals surface area (Å²) in [6, 6.07) is 36.4. The minimum Gasteiger partial charge on any atom is -0.309 e. The van der Waals surface area contributed by atoms with Gasteiger partial charge >= 0.3 is 6.18 Å². The molecule has 0 aliphatic rings. The van der Waals surface area contributed by atoms with Gasteiger partial charge in [0.2, 0.25) is 0 Å². The Kier molecular flexibility index (Phi) is 7.29. The summed E-state index contributed by atoms with van der Waals surface area (Å²) in [7, 11) is 0. The molecule has 0 atom stereocenters. The molecular formula is C45H38F4N2. The van der Waals surface area contributed by atoms with E-state index < -0.39 is 17.6 Å². The molecule has 0 amide bonds. The average Bonchev–Trinajstić information content (AvgIpc) is 3.59. The molecule has 0 aliphatic carbocycles. The molecular weight excluding hydrogens is 645 g/mol. The molecule has 0 N–H and O–H groups in total. The summed E-state index contributed by atoms with van der Waals surface area (Å²) in [5.41, 5.74) is 4.62. The van der Waals surface area contributed by atoms with Crippen LogP contribution in [0.4, 0.5) is 17.6 Å². The lowest BCUT2D eigenvalue weighted by molar-refractivity contribution is -0.137. The molecule has 0 saturated heterocycles. The lowest BCUT2D eigenvalue weighted by atomic mass is 9.86. The van der Waals surface area contributed by atoms with Gasteiger partial charge in [0.05, 0.1) is 33.4 Å². The average molecular weight is 683 g/mol. The van der Waals surface area contributed by atoms with Crippen LogP contribution in [-0.2, 0) is 17.0 Å². The molecule has 2 heterocycles. The number of hydrogen-bond acceptors (Lipinski definition) is 0. The van der Waals surface area contributed by atoms with Gasteiger partial charge in [-0.05, 0) is 93.7 Å². The Morgan fingerprint density at radius 2 is 0.882 bits per heavy atom. The van der Waals surface area contributed by atoms with Crippen molar-refractivity contribution < 1.29 is 17.6 Å². The number of hydrogen-bond donors (Lipinski definition) is 0. The van der Waals surface area contributed by atoms with Crippen LogP contribution in [-0.4, -0.2) is 9.13 Å². The monoisotopic (exact) mass is 682 g/mol. The maximum Gasteiger partial charge on any atom is 0.420 e. The second-order valence-electron chi connectivity index (χ2n) is 15.6. The van der Waals surface area contributed by atoms with Crippen LogP contribution < -0.4 is 0 Å². The Hall–Kier alpha value is -5.36. The fourth-order valence-electron chi connectivity index (χ4n) is 7.49. The molecule has 8 aromatic rings. The van der Waals surface area contributed by atoms with Crippen LogP contribution in [0.25, 0.3) is 66.1 Å². The van der Waals surface area contributed by atoms with E-state index in [0.29, 0.717) is 33.2 Å². The topological polar surface area (TPSA) is 9.86 Å². The van der Waals surface area contributed by atoms with Gasteiger partial charge in [-0.25, -0.2) is 4.39 Å². The number of rotatable bonds is 3. The van der Waals surface area contributed by atoms with Crippen molar-refractivity contribution in [1.82, 2.24) is 9.13 Å². The van der Waals surface area contributed by atoms with Gasteiger partial charge in [0.1, 0.15) is 11.4 Å². The van der Waals surface area contributed by atoms with Gasteiger partial charge in [0, 0.05) is 21.5 Å². The van der Waals surface area contributed by atoms with Crippen LogP contribution >= 0.6 is 0 Å². The van der Waals surface area contributed by atoms with E-state index in [4.69, 9.17) is 0 Å². The highest BCUT2D eigenvalue weighted by molar-refractivity contribution is 6.11. The van der Waals surface area contributed by atoms with E-state index in [2.05, 4.69) is 53.7 Å². The number of nitrogens with zero attached hydrogens (tertiary/aromatic N) is 2. The lowest BCUT2D eigenvalue weighted by Crippen LogP contribution is -2.16. The third-order valence-corrected chi connectivity index (χ3v) is 10.1. The summed E-state index contributed by atoms with van der Waals surface area (Å²) in [5.74, 6) is -0.464. The minimum absolute atomic E-state index is 0.0220. The van der Waals surface area contributed by atoms with Crippen molar-refractivity contribution in [3.05, 3.63) is 144 Å². The van der Waals surface area contributed by atoms with Crippen LogP contribution in [0.5, 0.6) is 0 Å². The van der Waals surface area contributed by atoms with Crippen LogP contribution in [0, 0.1) is 5.82 Å². The fraction of sp³-hybridized carbons (Fsp3) is 0.200.